The van der Waals surface area contributed by atoms with Gasteiger partial charge in [0.05, 0.1) is 0 Å². The maximum atomic E-state index is 12.9. The van der Waals surface area contributed by atoms with E-state index in [1.54, 1.807) is 0 Å². The molecule has 118 valence electrons. The quantitative estimate of drug-likeness (QED) is 0.840. The molecule has 0 spiro atoms. The van der Waals surface area contributed by atoms with Gasteiger partial charge in [0.15, 0.2) is 5.69 Å². The molecule has 0 aliphatic carbocycles. The second-order valence-corrected chi connectivity index (χ2v) is 6.15. The van der Waals surface area contributed by atoms with Crippen LogP contribution in [0.4, 0.5) is 24.9 Å². The Morgan fingerprint density at radius 2 is 2.14 bits per heavy atom. The topological polar surface area (TPSA) is 49.8 Å². The van der Waals surface area contributed by atoms with Crippen LogP contribution < -0.4 is 10.6 Å². The average molecular weight is 320 g/mol. The molecule has 1 unspecified atom stereocenters. The van der Waals surface area contributed by atoms with Gasteiger partial charge in [-0.3, -0.25) is 0 Å². The van der Waals surface area contributed by atoms with Crippen molar-refractivity contribution in [2.24, 2.45) is 5.92 Å². The van der Waals surface area contributed by atoms with Crippen molar-refractivity contribution < 1.29 is 13.2 Å². The third-order valence-corrected chi connectivity index (χ3v) is 4.38. The van der Waals surface area contributed by atoms with Gasteiger partial charge in [0, 0.05) is 19.2 Å². The maximum absolute atomic E-state index is 12.9. The van der Waals surface area contributed by atoms with Crippen molar-refractivity contribution in [3.63, 3.8) is 0 Å². The minimum atomic E-state index is -4.47. The van der Waals surface area contributed by atoms with E-state index in [0.29, 0.717) is 19.0 Å². The van der Waals surface area contributed by atoms with Crippen LogP contribution in [0, 0.1) is 5.92 Å². The molecule has 4 nitrogen and oxygen atoms in total. The molecule has 1 aromatic heterocycles. The molecule has 2 rings (SSSR count). The molecule has 0 aromatic carbocycles. The summed E-state index contributed by atoms with van der Waals surface area (Å²) in [5.74, 6) is 2.91. The zero-order chi connectivity index (χ0) is 15.3. The molecule has 0 saturated carbocycles. The van der Waals surface area contributed by atoms with Crippen LogP contribution in [0.25, 0.3) is 0 Å². The molecule has 1 aliphatic heterocycles. The zero-order valence-corrected chi connectivity index (χ0v) is 12.7. The van der Waals surface area contributed by atoms with Crippen molar-refractivity contribution >= 4 is 23.5 Å². The molecule has 1 aromatic rings. The number of hydrogen-bond donors (Lipinski definition) is 2. The highest BCUT2D eigenvalue weighted by Gasteiger charge is 2.33. The number of rotatable bonds is 6. The lowest BCUT2D eigenvalue weighted by atomic mass is 10.1. The van der Waals surface area contributed by atoms with Crippen molar-refractivity contribution in [3.8, 4) is 0 Å². The van der Waals surface area contributed by atoms with E-state index in [1.165, 1.54) is 0 Å². The molecular formula is C13H19F3N4S. The number of anilines is 2. The van der Waals surface area contributed by atoms with Crippen molar-refractivity contribution in [3.05, 3.63) is 11.8 Å². The highest BCUT2D eigenvalue weighted by molar-refractivity contribution is 7.99. The monoisotopic (exact) mass is 320 g/mol. The standard InChI is InChI=1S/C13H19F3N4S/c1-2-4-17-12-19-10(13(14,15)16)6-11(20-12)18-7-9-3-5-21-8-9/h6,9H,2-5,7-8H2,1H3,(H2,17,18,19,20). The van der Waals surface area contributed by atoms with Crippen LogP contribution >= 0.6 is 11.8 Å². The Balaban J connectivity index is 2.09. The van der Waals surface area contributed by atoms with Crippen molar-refractivity contribution in [1.29, 1.82) is 0 Å². The fraction of sp³-hybridized carbons (Fsp3) is 0.692. The van der Waals surface area contributed by atoms with E-state index in [2.05, 4.69) is 20.6 Å². The highest BCUT2D eigenvalue weighted by atomic mass is 32.2. The molecule has 2 N–H and O–H groups in total. The van der Waals surface area contributed by atoms with Gasteiger partial charge in [0.25, 0.3) is 0 Å². The van der Waals surface area contributed by atoms with Crippen molar-refractivity contribution in [2.45, 2.75) is 25.9 Å². The summed E-state index contributed by atoms with van der Waals surface area (Å²) < 4.78 is 38.6. The fourth-order valence-electron chi connectivity index (χ4n) is 1.99. The molecule has 0 amide bonds. The molecule has 0 bridgehead atoms. The van der Waals surface area contributed by atoms with Gasteiger partial charge in [0.1, 0.15) is 5.82 Å². The van der Waals surface area contributed by atoms with E-state index in [1.807, 2.05) is 18.7 Å². The summed E-state index contributed by atoms with van der Waals surface area (Å²) in [6, 6.07) is 0.971. The Labute approximate surface area is 126 Å². The summed E-state index contributed by atoms with van der Waals surface area (Å²) >= 11 is 1.87. The molecular weight excluding hydrogens is 301 g/mol. The lowest BCUT2D eigenvalue weighted by Gasteiger charge is -2.14. The van der Waals surface area contributed by atoms with Crippen molar-refractivity contribution in [1.82, 2.24) is 9.97 Å². The molecule has 1 saturated heterocycles. The van der Waals surface area contributed by atoms with Crippen LogP contribution in [0.2, 0.25) is 0 Å². The SMILES string of the molecule is CCCNc1nc(NCC2CCSC2)cc(C(F)(F)F)n1. The van der Waals surface area contributed by atoms with E-state index in [0.717, 1.165) is 30.4 Å². The Morgan fingerprint density at radius 3 is 2.76 bits per heavy atom. The van der Waals surface area contributed by atoms with Gasteiger partial charge >= 0.3 is 6.18 Å². The second-order valence-electron chi connectivity index (χ2n) is 5.00. The first-order valence-corrected chi connectivity index (χ1v) is 8.16. The Kier molecular flexibility index (Phi) is 5.55. The molecule has 21 heavy (non-hydrogen) atoms. The molecule has 1 fully saturated rings. The highest BCUT2D eigenvalue weighted by Crippen LogP contribution is 2.30. The first-order valence-electron chi connectivity index (χ1n) is 7.01. The largest absolute Gasteiger partial charge is 0.433 e. The predicted molar refractivity (Wildman–Crippen MR) is 79.7 cm³/mol. The average Bonchev–Trinajstić information content (AvgIpc) is 2.95. The van der Waals surface area contributed by atoms with Gasteiger partial charge in [-0.2, -0.15) is 29.9 Å². The van der Waals surface area contributed by atoms with E-state index in [9.17, 15) is 13.2 Å². The Bertz CT molecular complexity index is 461. The second kappa shape index (κ2) is 7.20. The minimum Gasteiger partial charge on any atom is -0.370 e. The first kappa shape index (κ1) is 16.2. The number of alkyl halides is 3. The number of halogens is 3. The zero-order valence-electron chi connectivity index (χ0n) is 11.8. The van der Waals surface area contributed by atoms with Crippen LogP contribution in [-0.2, 0) is 6.18 Å². The minimum absolute atomic E-state index is 0.0231. The van der Waals surface area contributed by atoms with E-state index in [4.69, 9.17) is 0 Å². The molecule has 2 heterocycles. The van der Waals surface area contributed by atoms with Gasteiger partial charge in [-0.15, -0.1) is 0 Å². The van der Waals surface area contributed by atoms with E-state index in [-0.39, 0.29) is 11.8 Å². The normalized spacial score (nSPS) is 18.8. The summed E-state index contributed by atoms with van der Waals surface area (Å²) in [5.41, 5.74) is -0.917. The Hall–Kier alpha value is -1.18. The number of thioether (sulfide) groups is 1. The fourth-order valence-corrected chi connectivity index (χ4v) is 3.28. The first-order chi connectivity index (χ1) is 9.99. The van der Waals surface area contributed by atoms with Crippen LogP contribution in [0.5, 0.6) is 0 Å². The summed E-state index contributed by atoms with van der Waals surface area (Å²) in [6.07, 6.45) is -2.58. The third kappa shape index (κ3) is 4.94. The van der Waals surface area contributed by atoms with Gasteiger partial charge in [-0.1, -0.05) is 6.92 Å². The smallest absolute Gasteiger partial charge is 0.370 e. The predicted octanol–water partition coefficient (Wildman–Crippen LogP) is 3.48. The number of aromatic nitrogens is 2. The van der Waals surface area contributed by atoms with Crippen molar-refractivity contribution in [2.75, 3.05) is 35.2 Å². The molecule has 1 aliphatic rings. The molecule has 1 atom stereocenters. The van der Waals surface area contributed by atoms with Gasteiger partial charge < -0.3 is 10.6 Å². The summed E-state index contributed by atoms with van der Waals surface area (Å²) in [7, 11) is 0. The third-order valence-electron chi connectivity index (χ3n) is 3.15. The maximum Gasteiger partial charge on any atom is 0.433 e. The molecule has 8 heteroatoms. The van der Waals surface area contributed by atoms with Gasteiger partial charge in [-0.05, 0) is 30.3 Å². The van der Waals surface area contributed by atoms with E-state index >= 15 is 0 Å². The van der Waals surface area contributed by atoms with Crippen LogP contribution in [0.1, 0.15) is 25.5 Å². The van der Waals surface area contributed by atoms with Crippen LogP contribution in [0.3, 0.4) is 0 Å². The number of nitrogens with zero attached hydrogens (tertiary/aromatic N) is 2. The number of nitrogens with one attached hydrogen (secondary N) is 2. The summed E-state index contributed by atoms with van der Waals surface area (Å²) in [6.45, 7) is 3.12. The van der Waals surface area contributed by atoms with Crippen LogP contribution in [0.15, 0.2) is 6.07 Å². The van der Waals surface area contributed by atoms with Crippen LogP contribution in [-0.4, -0.2) is 34.6 Å². The lowest BCUT2D eigenvalue weighted by Crippen LogP contribution is -2.17. The van der Waals surface area contributed by atoms with E-state index < -0.39 is 11.9 Å². The lowest BCUT2D eigenvalue weighted by molar-refractivity contribution is -0.141. The summed E-state index contributed by atoms with van der Waals surface area (Å²) in [4.78, 5) is 7.64. The van der Waals surface area contributed by atoms with Gasteiger partial charge in [0.2, 0.25) is 5.95 Å². The number of hydrogen-bond acceptors (Lipinski definition) is 5. The van der Waals surface area contributed by atoms with Gasteiger partial charge in [-0.25, -0.2) is 4.98 Å². The summed E-state index contributed by atoms with van der Waals surface area (Å²) in [5, 5.41) is 5.82. The Morgan fingerprint density at radius 1 is 1.33 bits per heavy atom. The molecule has 0 radical (unpaired) electrons.